The summed E-state index contributed by atoms with van der Waals surface area (Å²) in [5, 5.41) is 0. The maximum absolute atomic E-state index is 12.9. The molecule has 0 heterocycles. The normalized spacial score (nSPS) is 13.8. The van der Waals surface area contributed by atoms with E-state index >= 15 is 0 Å². The van der Waals surface area contributed by atoms with Gasteiger partial charge in [-0.3, -0.25) is 18.6 Å². The second-order valence-electron chi connectivity index (χ2n) is 25.9. The van der Waals surface area contributed by atoms with E-state index in [1.54, 1.807) is 0 Å². The predicted molar refractivity (Wildman–Crippen MR) is 390 cm³/mol. The monoisotopic (exact) mass is 1280 g/mol. The molecule has 0 saturated carbocycles. The van der Waals surface area contributed by atoms with Crippen LogP contribution < -0.4 is 0 Å². The highest BCUT2D eigenvalue weighted by Gasteiger charge is 2.27. The average Bonchev–Trinajstić information content (AvgIpc) is 3.61. The summed E-state index contributed by atoms with van der Waals surface area (Å²) in [6, 6.07) is 0. The van der Waals surface area contributed by atoms with E-state index < -0.39 is 26.5 Å². The van der Waals surface area contributed by atoms with E-state index in [0.29, 0.717) is 17.4 Å². The van der Waals surface area contributed by atoms with Crippen molar-refractivity contribution in [1.29, 1.82) is 0 Å². The predicted octanol–water partition coefficient (Wildman–Crippen LogP) is 24.6. The van der Waals surface area contributed by atoms with Gasteiger partial charge in [0.25, 0.3) is 0 Å². The van der Waals surface area contributed by atoms with Crippen LogP contribution in [-0.4, -0.2) is 74.9 Å². The van der Waals surface area contributed by atoms with E-state index in [-0.39, 0.29) is 32.0 Å². The molecule has 0 radical (unpaired) electrons. The number of carbonyl (C=O) groups is 2. The van der Waals surface area contributed by atoms with Crippen molar-refractivity contribution in [2.75, 3.05) is 47.5 Å². The van der Waals surface area contributed by atoms with Crippen LogP contribution in [0.25, 0.3) is 0 Å². The summed E-state index contributed by atoms with van der Waals surface area (Å²) in [5.41, 5.74) is 0. The SMILES string of the molecule is CC/C=C\C/C=C\C/C=C\C/C=C\C/C=C\C/C=C\C/C=C\CCCCCCCC(=O)OC(COC(=O)CCCCCCCCCCCCCCCCCCCCCCCCCC/C=C\C/C=C\C/C=C\CCCCCCC)COP(=O)(O)OCC[N+](C)(C)C. The molecule has 0 bridgehead atoms. The fraction of sp³-hybridized carbons (Fsp3) is 0.725. The number of ether oxygens (including phenoxy) is 2. The van der Waals surface area contributed by atoms with Gasteiger partial charge in [-0.2, -0.15) is 0 Å². The van der Waals surface area contributed by atoms with Crippen molar-refractivity contribution in [2.45, 2.75) is 328 Å². The molecule has 1 N–H and O–H groups in total. The van der Waals surface area contributed by atoms with E-state index in [4.69, 9.17) is 18.5 Å². The zero-order valence-electron chi connectivity index (χ0n) is 59.1. The van der Waals surface area contributed by atoms with Crippen molar-refractivity contribution in [2.24, 2.45) is 0 Å². The van der Waals surface area contributed by atoms with Gasteiger partial charge in [0.2, 0.25) is 0 Å². The van der Waals surface area contributed by atoms with Crippen LogP contribution in [0.5, 0.6) is 0 Å². The molecule has 0 fully saturated rings. The van der Waals surface area contributed by atoms with Crippen molar-refractivity contribution in [3.05, 3.63) is 122 Å². The van der Waals surface area contributed by atoms with E-state index in [0.717, 1.165) is 109 Å². The molecule has 0 aromatic carbocycles. The third-order valence-corrected chi connectivity index (χ3v) is 17.0. The van der Waals surface area contributed by atoms with Crippen LogP contribution in [0.3, 0.4) is 0 Å². The van der Waals surface area contributed by atoms with Crippen LogP contribution in [0.4, 0.5) is 0 Å². The van der Waals surface area contributed by atoms with Gasteiger partial charge >= 0.3 is 19.8 Å². The largest absolute Gasteiger partial charge is 0.472 e. The molecule has 90 heavy (non-hydrogen) atoms. The van der Waals surface area contributed by atoms with Crippen LogP contribution in [0, 0.1) is 0 Å². The highest BCUT2D eigenvalue weighted by Crippen LogP contribution is 2.43. The first kappa shape index (κ1) is 86.4. The van der Waals surface area contributed by atoms with E-state index in [1.165, 1.54) is 180 Å². The molecule has 0 spiro atoms. The zero-order valence-corrected chi connectivity index (χ0v) is 60.0. The van der Waals surface area contributed by atoms with E-state index in [2.05, 4.69) is 135 Å². The number of rotatable bonds is 68. The lowest BCUT2D eigenvalue weighted by atomic mass is 10.0. The number of likely N-dealkylation sites (N-methyl/N-ethyl adjacent to an activating group) is 1. The number of unbranched alkanes of at least 4 members (excludes halogenated alkanes) is 34. The minimum atomic E-state index is -4.41. The molecule has 0 saturated heterocycles. The lowest BCUT2D eigenvalue weighted by Gasteiger charge is -2.24. The van der Waals surface area contributed by atoms with Gasteiger partial charge in [-0.05, 0) is 109 Å². The smallest absolute Gasteiger partial charge is 0.462 e. The number of hydrogen-bond acceptors (Lipinski definition) is 7. The first-order valence-corrected chi connectivity index (χ1v) is 38.8. The summed E-state index contributed by atoms with van der Waals surface area (Å²) in [4.78, 5) is 35.9. The van der Waals surface area contributed by atoms with Gasteiger partial charge in [-0.15, -0.1) is 0 Å². The fourth-order valence-electron chi connectivity index (χ4n) is 10.3. The Morgan fingerprint density at radius 1 is 0.356 bits per heavy atom. The molecule has 10 heteroatoms. The van der Waals surface area contributed by atoms with Gasteiger partial charge in [0, 0.05) is 12.8 Å². The molecule has 2 unspecified atom stereocenters. The Balaban J connectivity index is 4.01. The number of esters is 2. The summed E-state index contributed by atoms with van der Waals surface area (Å²) in [6.07, 6.45) is 100. The minimum absolute atomic E-state index is 0.0230. The van der Waals surface area contributed by atoms with Gasteiger partial charge in [0.15, 0.2) is 6.10 Å². The maximum Gasteiger partial charge on any atom is 0.472 e. The van der Waals surface area contributed by atoms with Gasteiger partial charge in [-0.1, -0.05) is 322 Å². The summed E-state index contributed by atoms with van der Waals surface area (Å²) in [5.74, 6) is -0.815. The lowest BCUT2D eigenvalue weighted by Crippen LogP contribution is -2.37. The van der Waals surface area contributed by atoms with Crippen molar-refractivity contribution < 1.29 is 42.1 Å². The Bertz CT molecular complexity index is 1940. The highest BCUT2D eigenvalue weighted by molar-refractivity contribution is 7.47. The molecular weight excluding hydrogens is 1130 g/mol. The van der Waals surface area contributed by atoms with Crippen LogP contribution in [-0.2, 0) is 32.7 Å². The zero-order chi connectivity index (χ0) is 65.5. The maximum atomic E-state index is 12.9. The average molecular weight is 1280 g/mol. The number of phosphoric acid groups is 1. The van der Waals surface area contributed by atoms with Crippen LogP contribution in [0.2, 0.25) is 0 Å². The first-order valence-electron chi connectivity index (χ1n) is 37.3. The van der Waals surface area contributed by atoms with Gasteiger partial charge in [-0.25, -0.2) is 4.57 Å². The Hall–Kier alpha value is -3.59. The highest BCUT2D eigenvalue weighted by atomic mass is 31.2. The molecule has 2 atom stereocenters. The van der Waals surface area contributed by atoms with Gasteiger partial charge in [0.1, 0.15) is 19.8 Å². The third-order valence-electron chi connectivity index (χ3n) is 16.0. The summed E-state index contributed by atoms with van der Waals surface area (Å²) < 4.78 is 34.7. The standard InChI is InChI=1S/C80H140NO8P/c1-6-8-10-12-14-16-18-20-22-24-26-28-30-32-34-35-36-37-38-39-40-41-42-43-44-45-47-48-50-52-54-56-58-60-62-64-66-68-70-72-79(82)86-76-78(77-88-90(84,85)87-75-74-81(3,4)5)89-80(83)73-71-69-67-65-63-61-59-57-55-53-51-49-46-33-31-29-27-25-23-21-19-17-15-13-11-9-7-2/h9,11,15,17-18,20-21,23-24,26-27,29-30,32-33,46,51,53,57,59,78H,6-8,10,12-14,16,19,22,25,28,31,34-45,47-50,52,54-56,58,60-77H2,1-5H3/p+1/b11-9-,17-15-,20-18-,23-21-,26-24-,29-27-,32-30-,46-33-,53-51-,59-57-. The molecule has 0 aliphatic heterocycles. The molecule has 0 aliphatic rings. The summed E-state index contributed by atoms with van der Waals surface area (Å²) in [6.45, 7) is 4.30. The topological polar surface area (TPSA) is 108 Å². The van der Waals surface area contributed by atoms with Crippen LogP contribution in [0.1, 0.15) is 322 Å². The lowest BCUT2D eigenvalue weighted by molar-refractivity contribution is -0.870. The minimum Gasteiger partial charge on any atom is -0.462 e. The molecular formula is C80H141NO8P+. The molecule has 518 valence electrons. The first-order chi connectivity index (χ1) is 44.0. The van der Waals surface area contributed by atoms with Gasteiger partial charge in [0.05, 0.1) is 27.7 Å². The van der Waals surface area contributed by atoms with Gasteiger partial charge < -0.3 is 18.9 Å². The third kappa shape index (κ3) is 73.5. The van der Waals surface area contributed by atoms with E-state index in [9.17, 15) is 19.0 Å². The Morgan fingerprint density at radius 2 is 0.633 bits per heavy atom. The van der Waals surface area contributed by atoms with Crippen LogP contribution in [0.15, 0.2) is 122 Å². The Labute approximate surface area is 556 Å². The quantitative estimate of drug-likeness (QED) is 0.0211. The molecule has 0 aliphatic carbocycles. The number of carbonyl (C=O) groups excluding carboxylic acids is 2. The molecule has 9 nitrogen and oxygen atoms in total. The molecule has 0 rings (SSSR count). The molecule has 0 aromatic heterocycles. The van der Waals surface area contributed by atoms with Crippen molar-refractivity contribution in [3.8, 4) is 0 Å². The number of quaternary nitrogens is 1. The van der Waals surface area contributed by atoms with Crippen LogP contribution >= 0.6 is 7.82 Å². The van der Waals surface area contributed by atoms with Crippen molar-refractivity contribution >= 4 is 19.8 Å². The second kappa shape index (κ2) is 69.7. The van der Waals surface area contributed by atoms with Crippen molar-refractivity contribution in [1.82, 2.24) is 0 Å². The van der Waals surface area contributed by atoms with E-state index in [1.807, 2.05) is 21.1 Å². The number of phosphoric ester groups is 1. The van der Waals surface area contributed by atoms with Crippen molar-refractivity contribution in [3.63, 3.8) is 0 Å². The Morgan fingerprint density at radius 3 is 0.944 bits per heavy atom. The summed E-state index contributed by atoms with van der Waals surface area (Å²) >= 11 is 0. The summed E-state index contributed by atoms with van der Waals surface area (Å²) in [7, 11) is 1.46. The number of allylic oxidation sites excluding steroid dienone is 20. The number of hydrogen-bond donors (Lipinski definition) is 1. The molecule has 0 aromatic rings. The molecule has 0 amide bonds. The fourth-order valence-corrected chi connectivity index (χ4v) is 11.0. The Kier molecular flexibility index (Phi) is 67.0. The second-order valence-corrected chi connectivity index (χ2v) is 27.4. The number of nitrogens with zero attached hydrogens (tertiary/aromatic N) is 1.